The van der Waals surface area contributed by atoms with Gasteiger partial charge in [-0.25, -0.2) is 0 Å². The number of aliphatic hydroxyl groups excluding tert-OH is 1. The van der Waals surface area contributed by atoms with Gasteiger partial charge in [-0.3, -0.25) is 4.90 Å². The molecule has 3 nitrogen and oxygen atoms in total. The molecule has 0 spiro atoms. The van der Waals surface area contributed by atoms with Crippen LogP contribution in [0, 0.1) is 5.92 Å². The summed E-state index contributed by atoms with van der Waals surface area (Å²) in [5.41, 5.74) is 1.50. The van der Waals surface area contributed by atoms with Gasteiger partial charge in [-0.15, -0.1) is 0 Å². The van der Waals surface area contributed by atoms with Crippen LogP contribution in [0.4, 0.5) is 0 Å². The molecule has 1 aromatic carbocycles. The van der Waals surface area contributed by atoms with Crippen molar-refractivity contribution >= 4 is 0 Å². The molecule has 1 aliphatic rings. The van der Waals surface area contributed by atoms with E-state index in [9.17, 15) is 5.11 Å². The molecule has 1 aromatic rings. The van der Waals surface area contributed by atoms with E-state index in [4.69, 9.17) is 4.74 Å². The van der Waals surface area contributed by atoms with Gasteiger partial charge in [0.05, 0.1) is 6.10 Å². The molecule has 0 aliphatic carbocycles. The second kappa shape index (κ2) is 6.80. The van der Waals surface area contributed by atoms with Crippen molar-refractivity contribution in [3.05, 3.63) is 29.8 Å². The third-order valence-electron chi connectivity index (χ3n) is 4.40. The summed E-state index contributed by atoms with van der Waals surface area (Å²) in [4.78, 5) is 2.29. The first-order valence-corrected chi connectivity index (χ1v) is 8.00. The number of benzene rings is 1. The van der Waals surface area contributed by atoms with Crippen LogP contribution in [-0.4, -0.2) is 42.4 Å². The molecule has 0 radical (unpaired) electrons. The van der Waals surface area contributed by atoms with E-state index >= 15 is 0 Å². The molecule has 1 heterocycles. The Bertz CT molecular complexity index is 436. The minimum atomic E-state index is -0.190. The van der Waals surface area contributed by atoms with Crippen LogP contribution < -0.4 is 4.74 Å². The van der Waals surface area contributed by atoms with Crippen LogP contribution in [0.15, 0.2) is 24.3 Å². The molecule has 2 unspecified atom stereocenters. The summed E-state index contributed by atoms with van der Waals surface area (Å²) >= 11 is 0. The zero-order chi connectivity index (χ0) is 15.5. The van der Waals surface area contributed by atoms with Gasteiger partial charge in [0, 0.05) is 13.1 Å². The molecule has 0 amide bonds. The quantitative estimate of drug-likeness (QED) is 0.925. The summed E-state index contributed by atoms with van der Waals surface area (Å²) in [5, 5.41) is 9.89. The molecule has 118 valence electrons. The van der Waals surface area contributed by atoms with Gasteiger partial charge in [0.1, 0.15) is 12.4 Å². The van der Waals surface area contributed by atoms with Gasteiger partial charge < -0.3 is 9.84 Å². The normalized spacial score (nSPS) is 24.0. The minimum Gasteiger partial charge on any atom is -0.492 e. The summed E-state index contributed by atoms with van der Waals surface area (Å²) in [6.07, 6.45) is 0.881. The Hall–Kier alpha value is -1.06. The van der Waals surface area contributed by atoms with Crippen molar-refractivity contribution in [2.24, 2.45) is 5.92 Å². The maximum atomic E-state index is 9.89. The number of β-amino-alcohol motifs (C(OH)–C–C–N with tert-alkyl or cyclic N) is 1. The molecule has 1 saturated heterocycles. The minimum absolute atomic E-state index is 0.180. The number of hydrogen-bond donors (Lipinski definition) is 1. The Morgan fingerprint density at radius 2 is 1.90 bits per heavy atom. The highest BCUT2D eigenvalue weighted by Gasteiger charge is 2.23. The zero-order valence-corrected chi connectivity index (χ0v) is 13.8. The van der Waals surface area contributed by atoms with Gasteiger partial charge in [-0.1, -0.05) is 39.8 Å². The lowest BCUT2D eigenvalue weighted by Crippen LogP contribution is -2.44. The molecule has 0 aromatic heterocycles. The average molecular weight is 291 g/mol. The van der Waals surface area contributed by atoms with Crippen molar-refractivity contribution in [1.82, 2.24) is 4.90 Å². The lowest BCUT2D eigenvalue weighted by molar-refractivity contribution is 0.0244. The smallest absolute Gasteiger partial charge is 0.119 e. The average Bonchev–Trinajstić information content (AvgIpc) is 2.42. The van der Waals surface area contributed by atoms with Crippen molar-refractivity contribution < 1.29 is 9.84 Å². The number of likely N-dealkylation sites (tertiary alicyclic amines) is 1. The van der Waals surface area contributed by atoms with Crippen LogP contribution >= 0.6 is 0 Å². The molecule has 1 aliphatic heterocycles. The summed E-state index contributed by atoms with van der Waals surface area (Å²) in [7, 11) is 0. The summed E-state index contributed by atoms with van der Waals surface area (Å²) in [6.45, 7) is 12.1. The molecular formula is C18H29NO2. The fourth-order valence-corrected chi connectivity index (χ4v) is 2.66. The molecule has 3 heteroatoms. The van der Waals surface area contributed by atoms with Crippen molar-refractivity contribution in [3.8, 4) is 5.75 Å². The number of rotatable bonds is 4. The Morgan fingerprint density at radius 1 is 1.24 bits per heavy atom. The molecule has 0 saturated carbocycles. The summed E-state index contributed by atoms with van der Waals surface area (Å²) in [5.74, 6) is 1.35. The van der Waals surface area contributed by atoms with Crippen molar-refractivity contribution in [2.45, 2.75) is 45.6 Å². The third kappa shape index (κ3) is 4.72. The van der Waals surface area contributed by atoms with Crippen LogP contribution in [0.5, 0.6) is 5.75 Å². The maximum absolute atomic E-state index is 9.89. The van der Waals surface area contributed by atoms with Gasteiger partial charge in [0.2, 0.25) is 0 Å². The predicted octanol–water partition coefficient (Wildman–Crippen LogP) is 3.07. The molecule has 2 rings (SSSR count). The van der Waals surface area contributed by atoms with Crippen LogP contribution in [0.25, 0.3) is 0 Å². The summed E-state index contributed by atoms with van der Waals surface area (Å²) < 4.78 is 5.82. The van der Waals surface area contributed by atoms with E-state index < -0.39 is 0 Å². The molecule has 21 heavy (non-hydrogen) atoms. The van der Waals surface area contributed by atoms with E-state index in [1.807, 2.05) is 12.1 Å². The molecule has 1 fully saturated rings. The largest absolute Gasteiger partial charge is 0.492 e. The van der Waals surface area contributed by atoms with Gasteiger partial charge in [0.15, 0.2) is 0 Å². The van der Waals surface area contributed by atoms with Crippen LogP contribution in [0.1, 0.15) is 39.7 Å². The monoisotopic (exact) mass is 291 g/mol. The van der Waals surface area contributed by atoms with E-state index in [0.717, 1.165) is 31.8 Å². The Morgan fingerprint density at radius 3 is 2.48 bits per heavy atom. The van der Waals surface area contributed by atoms with Crippen LogP contribution in [0.3, 0.4) is 0 Å². The maximum Gasteiger partial charge on any atom is 0.119 e. The van der Waals surface area contributed by atoms with Gasteiger partial charge in [-0.2, -0.15) is 0 Å². The van der Waals surface area contributed by atoms with E-state index in [2.05, 4.69) is 44.7 Å². The fourth-order valence-electron chi connectivity index (χ4n) is 2.66. The van der Waals surface area contributed by atoms with Gasteiger partial charge in [-0.05, 0) is 42.0 Å². The molecular weight excluding hydrogens is 262 g/mol. The first-order valence-electron chi connectivity index (χ1n) is 8.00. The third-order valence-corrected chi connectivity index (χ3v) is 4.40. The lowest BCUT2D eigenvalue weighted by Gasteiger charge is -2.34. The zero-order valence-electron chi connectivity index (χ0n) is 13.8. The van der Waals surface area contributed by atoms with Crippen LogP contribution in [-0.2, 0) is 5.41 Å². The topological polar surface area (TPSA) is 32.7 Å². The first kappa shape index (κ1) is 16.3. The van der Waals surface area contributed by atoms with E-state index in [1.54, 1.807) is 0 Å². The number of aliphatic hydroxyl groups is 1. The fraction of sp³-hybridized carbons (Fsp3) is 0.667. The van der Waals surface area contributed by atoms with Gasteiger partial charge >= 0.3 is 0 Å². The second-order valence-corrected chi connectivity index (χ2v) is 7.26. The van der Waals surface area contributed by atoms with Crippen molar-refractivity contribution in [3.63, 3.8) is 0 Å². The number of nitrogens with zero attached hydrogens (tertiary/aromatic N) is 1. The highest BCUT2D eigenvalue weighted by atomic mass is 16.5. The molecule has 2 atom stereocenters. The molecule has 1 N–H and O–H groups in total. The Labute approximate surface area is 128 Å². The van der Waals surface area contributed by atoms with E-state index in [0.29, 0.717) is 12.5 Å². The first-order chi connectivity index (χ1) is 9.86. The number of piperidine rings is 1. The Balaban J connectivity index is 1.76. The molecule has 0 bridgehead atoms. The summed E-state index contributed by atoms with van der Waals surface area (Å²) in [6, 6.07) is 8.38. The van der Waals surface area contributed by atoms with Gasteiger partial charge in [0.25, 0.3) is 0 Å². The standard InChI is InChI=1S/C18H29NO2/c1-14-9-10-19(13-17(14)20)11-12-21-16-7-5-15(6-8-16)18(2,3)4/h5-8,14,17,20H,9-13H2,1-4H3. The number of ether oxygens (including phenoxy) is 1. The highest BCUT2D eigenvalue weighted by Crippen LogP contribution is 2.24. The predicted molar refractivity (Wildman–Crippen MR) is 86.9 cm³/mol. The Kier molecular flexibility index (Phi) is 5.28. The number of hydrogen-bond acceptors (Lipinski definition) is 3. The lowest BCUT2D eigenvalue weighted by atomic mass is 9.87. The van der Waals surface area contributed by atoms with Crippen molar-refractivity contribution in [2.75, 3.05) is 26.2 Å². The van der Waals surface area contributed by atoms with E-state index in [1.165, 1.54) is 5.56 Å². The second-order valence-electron chi connectivity index (χ2n) is 7.26. The van der Waals surface area contributed by atoms with Crippen molar-refractivity contribution in [1.29, 1.82) is 0 Å². The SMILES string of the molecule is CC1CCN(CCOc2ccc(C(C)(C)C)cc2)CC1O. The highest BCUT2D eigenvalue weighted by molar-refractivity contribution is 5.31. The van der Waals surface area contributed by atoms with Crippen LogP contribution in [0.2, 0.25) is 0 Å². The van der Waals surface area contributed by atoms with E-state index in [-0.39, 0.29) is 11.5 Å².